The third kappa shape index (κ3) is 2.72. The fraction of sp³-hybridized carbons (Fsp3) is 0.500. The van der Waals surface area contributed by atoms with Crippen LogP contribution in [-0.2, 0) is 4.79 Å². The quantitative estimate of drug-likeness (QED) is 0.866. The summed E-state index contributed by atoms with van der Waals surface area (Å²) in [5.41, 5.74) is 0.413. The Morgan fingerprint density at radius 2 is 2.47 bits per heavy atom. The number of nitrogens with one attached hydrogen (secondary N) is 1. The van der Waals surface area contributed by atoms with Crippen LogP contribution >= 0.6 is 0 Å². The summed E-state index contributed by atoms with van der Waals surface area (Å²) >= 11 is 0. The fourth-order valence-corrected chi connectivity index (χ4v) is 2.07. The van der Waals surface area contributed by atoms with Gasteiger partial charge in [-0.2, -0.15) is 0 Å². The first kappa shape index (κ1) is 11.8. The summed E-state index contributed by atoms with van der Waals surface area (Å²) < 4.78 is 13.4. The molecule has 2 heterocycles. The van der Waals surface area contributed by atoms with Crippen LogP contribution in [0.5, 0.6) is 0 Å². The molecule has 0 aliphatic carbocycles. The van der Waals surface area contributed by atoms with Crippen LogP contribution in [0.4, 0.5) is 10.1 Å². The Morgan fingerprint density at radius 1 is 1.65 bits per heavy atom. The molecule has 92 valence electrons. The van der Waals surface area contributed by atoms with Crippen LogP contribution in [0.25, 0.3) is 0 Å². The Morgan fingerprint density at radius 3 is 3.18 bits per heavy atom. The minimum absolute atomic E-state index is 0.00838. The third-order valence-corrected chi connectivity index (χ3v) is 2.84. The van der Waals surface area contributed by atoms with E-state index < -0.39 is 0 Å². The van der Waals surface area contributed by atoms with Crippen molar-refractivity contribution < 1.29 is 9.18 Å². The molecule has 0 aromatic carbocycles. The molecule has 0 radical (unpaired) electrons. The summed E-state index contributed by atoms with van der Waals surface area (Å²) in [6.07, 6.45) is 4.08. The molecular weight excluding hydrogens is 221 g/mol. The normalized spacial score (nSPS) is 19.8. The number of amides is 1. The van der Waals surface area contributed by atoms with Gasteiger partial charge in [-0.15, -0.1) is 0 Å². The Kier molecular flexibility index (Phi) is 3.56. The first-order chi connectivity index (χ1) is 8.20. The molecule has 1 fully saturated rings. The number of nitrogens with zero attached hydrogens (tertiary/aromatic N) is 2. The molecule has 1 aliphatic rings. The summed E-state index contributed by atoms with van der Waals surface area (Å²) in [5.74, 6) is -0.243. The Bertz CT molecular complexity index is 410. The highest BCUT2D eigenvalue weighted by Gasteiger charge is 2.29. The van der Waals surface area contributed by atoms with Crippen LogP contribution in [0, 0.1) is 5.82 Å². The molecule has 1 N–H and O–H groups in total. The van der Waals surface area contributed by atoms with Crippen molar-refractivity contribution in [2.45, 2.75) is 25.8 Å². The maximum Gasteiger partial charge on any atom is 0.224 e. The van der Waals surface area contributed by atoms with Gasteiger partial charge in [0.05, 0.1) is 17.9 Å². The van der Waals surface area contributed by atoms with Gasteiger partial charge >= 0.3 is 0 Å². The van der Waals surface area contributed by atoms with Crippen molar-refractivity contribution in [3.8, 4) is 0 Å². The van der Waals surface area contributed by atoms with E-state index in [0.29, 0.717) is 18.7 Å². The molecule has 4 nitrogen and oxygen atoms in total. The summed E-state index contributed by atoms with van der Waals surface area (Å²) in [6.45, 7) is 3.46. The number of carbonyl (C=O) groups is 1. The van der Waals surface area contributed by atoms with Crippen LogP contribution in [-0.4, -0.2) is 34.9 Å². The zero-order chi connectivity index (χ0) is 12.3. The van der Waals surface area contributed by atoms with Gasteiger partial charge < -0.3 is 10.2 Å². The number of aromatic nitrogens is 1. The van der Waals surface area contributed by atoms with E-state index in [1.807, 2.05) is 11.8 Å². The van der Waals surface area contributed by atoms with E-state index in [1.165, 1.54) is 12.4 Å². The average molecular weight is 237 g/mol. The van der Waals surface area contributed by atoms with Crippen molar-refractivity contribution in [1.82, 2.24) is 9.88 Å². The standard InChI is InChI=1S/C12H16FN3O/c1-2-5-16-8-9(6-12(16)17)15-11-3-4-14-7-10(11)13/h3-4,7,9H,2,5-6,8H2,1H3,(H,14,15). The van der Waals surface area contributed by atoms with Crippen molar-refractivity contribution in [2.24, 2.45) is 0 Å². The molecule has 1 aliphatic heterocycles. The number of carbonyl (C=O) groups excluding carboxylic acids is 1. The average Bonchev–Trinajstić information content (AvgIpc) is 2.63. The summed E-state index contributed by atoms with van der Waals surface area (Å²) in [6, 6.07) is 1.58. The maximum absolute atomic E-state index is 13.4. The van der Waals surface area contributed by atoms with Crippen molar-refractivity contribution >= 4 is 11.6 Å². The predicted molar refractivity (Wildman–Crippen MR) is 63.1 cm³/mol. The van der Waals surface area contributed by atoms with Crippen molar-refractivity contribution in [3.63, 3.8) is 0 Å². The van der Waals surface area contributed by atoms with Crippen LogP contribution < -0.4 is 5.32 Å². The Balaban J connectivity index is 1.98. The van der Waals surface area contributed by atoms with E-state index in [2.05, 4.69) is 10.3 Å². The van der Waals surface area contributed by atoms with E-state index in [-0.39, 0.29) is 17.8 Å². The first-order valence-corrected chi connectivity index (χ1v) is 5.84. The molecule has 2 rings (SSSR count). The SMILES string of the molecule is CCCN1CC(Nc2ccncc2F)CC1=O. The molecule has 1 aromatic heterocycles. The lowest BCUT2D eigenvalue weighted by Gasteiger charge is -2.16. The monoisotopic (exact) mass is 237 g/mol. The highest BCUT2D eigenvalue weighted by atomic mass is 19.1. The molecule has 1 unspecified atom stereocenters. The van der Waals surface area contributed by atoms with Crippen molar-refractivity contribution in [3.05, 3.63) is 24.3 Å². The zero-order valence-corrected chi connectivity index (χ0v) is 9.82. The highest BCUT2D eigenvalue weighted by Crippen LogP contribution is 2.18. The van der Waals surface area contributed by atoms with E-state index in [9.17, 15) is 9.18 Å². The van der Waals surface area contributed by atoms with Crippen LogP contribution in [0.3, 0.4) is 0 Å². The lowest BCUT2D eigenvalue weighted by molar-refractivity contribution is -0.127. The first-order valence-electron chi connectivity index (χ1n) is 5.84. The van der Waals surface area contributed by atoms with Gasteiger partial charge in [0.2, 0.25) is 5.91 Å². The second-order valence-electron chi connectivity index (χ2n) is 4.24. The van der Waals surface area contributed by atoms with Gasteiger partial charge in [-0.25, -0.2) is 4.39 Å². The summed E-state index contributed by atoms with van der Waals surface area (Å²) in [7, 11) is 0. The Hall–Kier alpha value is -1.65. The summed E-state index contributed by atoms with van der Waals surface area (Å²) in [4.78, 5) is 17.1. The van der Waals surface area contributed by atoms with Gasteiger partial charge in [0.15, 0.2) is 5.82 Å². The van der Waals surface area contributed by atoms with Crippen molar-refractivity contribution in [2.75, 3.05) is 18.4 Å². The fourth-order valence-electron chi connectivity index (χ4n) is 2.07. The number of anilines is 1. The van der Waals surface area contributed by atoms with Gasteiger partial charge in [-0.1, -0.05) is 6.92 Å². The van der Waals surface area contributed by atoms with Crippen molar-refractivity contribution in [1.29, 1.82) is 0 Å². The molecule has 17 heavy (non-hydrogen) atoms. The van der Waals surface area contributed by atoms with Crippen LogP contribution in [0.1, 0.15) is 19.8 Å². The van der Waals surface area contributed by atoms with Gasteiger partial charge in [-0.05, 0) is 12.5 Å². The molecule has 1 amide bonds. The van der Waals surface area contributed by atoms with Gasteiger partial charge in [0, 0.05) is 25.7 Å². The van der Waals surface area contributed by atoms with E-state index in [1.54, 1.807) is 6.07 Å². The molecule has 5 heteroatoms. The van der Waals surface area contributed by atoms with E-state index in [0.717, 1.165) is 13.0 Å². The lowest BCUT2D eigenvalue weighted by Crippen LogP contribution is -2.28. The predicted octanol–water partition coefficient (Wildman–Crippen LogP) is 1.64. The number of likely N-dealkylation sites (tertiary alicyclic amines) is 1. The van der Waals surface area contributed by atoms with E-state index >= 15 is 0 Å². The molecule has 0 saturated carbocycles. The minimum Gasteiger partial charge on any atom is -0.378 e. The van der Waals surface area contributed by atoms with Gasteiger partial charge in [0.25, 0.3) is 0 Å². The van der Waals surface area contributed by atoms with Gasteiger partial charge in [-0.3, -0.25) is 9.78 Å². The smallest absolute Gasteiger partial charge is 0.224 e. The van der Waals surface area contributed by atoms with Gasteiger partial charge in [0.1, 0.15) is 0 Å². The second kappa shape index (κ2) is 5.12. The lowest BCUT2D eigenvalue weighted by atomic mass is 10.2. The second-order valence-corrected chi connectivity index (χ2v) is 4.24. The minimum atomic E-state index is -0.381. The number of hydrogen-bond donors (Lipinski definition) is 1. The zero-order valence-electron chi connectivity index (χ0n) is 9.82. The molecule has 1 atom stereocenters. The number of rotatable bonds is 4. The molecule has 0 bridgehead atoms. The third-order valence-electron chi connectivity index (χ3n) is 2.84. The number of pyridine rings is 1. The highest BCUT2D eigenvalue weighted by molar-refractivity contribution is 5.80. The summed E-state index contributed by atoms with van der Waals surface area (Å²) in [5, 5.41) is 3.05. The molecule has 1 saturated heterocycles. The maximum atomic E-state index is 13.4. The molecular formula is C12H16FN3O. The number of hydrogen-bond acceptors (Lipinski definition) is 3. The van der Waals surface area contributed by atoms with Crippen LogP contribution in [0.15, 0.2) is 18.5 Å². The Labute approximate surface area is 99.8 Å². The number of halogens is 1. The topological polar surface area (TPSA) is 45.2 Å². The largest absolute Gasteiger partial charge is 0.378 e. The van der Waals surface area contributed by atoms with E-state index in [4.69, 9.17) is 0 Å². The molecule has 0 spiro atoms. The van der Waals surface area contributed by atoms with Crippen LogP contribution in [0.2, 0.25) is 0 Å². The molecule has 1 aromatic rings.